The third kappa shape index (κ3) is 3.20. The van der Waals surface area contributed by atoms with Crippen molar-refractivity contribution in [2.75, 3.05) is 10.2 Å². The Kier molecular flexibility index (Phi) is 5.38. The molecule has 7 heteroatoms. The number of fused-ring (bicyclic) bond motifs is 6. The first kappa shape index (κ1) is 24.0. The van der Waals surface area contributed by atoms with Crippen LogP contribution in [0.2, 0.25) is 10.0 Å². The first-order chi connectivity index (χ1) is 17.7. The number of hydrogen-bond donors (Lipinski definition) is 1. The summed E-state index contributed by atoms with van der Waals surface area (Å²) in [6.07, 6.45) is 2.04. The van der Waals surface area contributed by atoms with Crippen molar-refractivity contribution in [3.8, 4) is 0 Å². The fraction of sp³-hybridized carbons (Fsp3) is 0.233. The Morgan fingerprint density at radius 2 is 1.76 bits per heavy atom. The number of allylic oxidation sites excluding steroid dienone is 1. The molecule has 1 saturated heterocycles. The highest BCUT2D eigenvalue weighted by Crippen LogP contribution is 2.58. The summed E-state index contributed by atoms with van der Waals surface area (Å²) < 4.78 is 0. The van der Waals surface area contributed by atoms with Crippen LogP contribution in [0.4, 0.5) is 11.4 Å². The minimum atomic E-state index is -1.34. The van der Waals surface area contributed by atoms with Gasteiger partial charge in [-0.2, -0.15) is 0 Å². The summed E-state index contributed by atoms with van der Waals surface area (Å²) in [5.74, 6) is -1.87. The second-order valence-corrected chi connectivity index (χ2v) is 11.0. The lowest BCUT2D eigenvalue weighted by atomic mass is 9.64. The van der Waals surface area contributed by atoms with Gasteiger partial charge in [-0.1, -0.05) is 59.1 Å². The predicted octanol–water partition coefficient (Wildman–Crippen LogP) is 6.25. The highest BCUT2D eigenvalue weighted by atomic mass is 35.5. The van der Waals surface area contributed by atoms with Gasteiger partial charge < -0.3 is 10.2 Å². The van der Waals surface area contributed by atoms with Gasteiger partial charge in [0.25, 0.3) is 0 Å². The molecule has 3 aliphatic rings. The molecule has 186 valence electrons. The van der Waals surface area contributed by atoms with Crippen LogP contribution in [-0.2, 0) is 15.0 Å². The van der Waals surface area contributed by atoms with E-state index in [1.165, 1.54) is 13.0 Å². The molecule has 4 atom stereocenters. The molecule has 0 unspecified atom stereocenters. The lowest BCUT2D eigenvalue weighted by molar-refractivity contribution is -0.122. The monoisotopic (exact) mass is 530 g/mol. The SMILES string of the molecule is CC(=O)[C@@H]1[C@H](C(=O)c2ccc(Cl)cc2Cl)[C@]2(C(=O)Nc3ccccc32)[C@H]2C=C(C)c3cc(C)ccc3N12. The van der Waals surface area contributed by atoms with Crippen molar-refractivity contribution >= 4 is 57.6 Å². The van der Waals surface area contributed by atoms with Crippen LogP contribution in [0.25, 0.3) is 5.57 Å². The Bertz CT molecular complexity index is 1560. The van der Waals surface area contributed by atoms with Gasteiger partial charge in [0, 0.05) is 27.5 Å². The maximum Gasteiger partial charge on any atom is 0.238 e. The van der Waals surface area contributed by atoms with Crippen LogP contribution < -0.4 is 10.2 Å². The number of rotatable bonds is 3. The van der Waals surface area contributed by atoms with E-state index in [4.69, 9.17) is 23.2 Å². The summed E-state index contributed by atoms with van der Waals surface area (Å²) in [6.45, 7) is 5.52. The minimum Gasteiger partial charge on any atom is -0.352 e. The Balaban J connectivity index is 1.69. The third-order valence-corrected chi connectivity index (χ3v) is 8.58. The molecule has 0 aliphatic carbocycles. The number of ketones is 2. The van der Waals surface area contributed by atoms with E-state index in [9.17, 15) is 14.4 Å². The lowest BCUT2D eigenvalue weighted by Crippen LogP contribution is -2.51. The smallest absolute Gasteiger partial charge is 0.238 e. The van der Waals surface area contributed by atoms with E-state index in [2.05, 4.69) is 11.4 Å². The first-order valence-electron chi connectivity index (χ1n) is 12.1. The lowest BCUT2D eigenvalue weighted by Gasteiger charge is -2.39. The van der Waals surface area contributed by atoms with Crippen LogP contribution >= 0.6 is 23.2 Å². The average Bonchev–Trinajstić information content (AvgIpc) is 3.32. The molecule has 3 aliphatic heterocycles. The Hall–Kier alpha value is -3.41. The number of para-hydroxylation sites is 1. The van der Waals surface area contributed by atoms with E-state index in [-0.39, 0.29) is 28.1 Å². The molecule has 37 heavy (non-hydrogen) atoms. The maximum atomic E-state index is 14.5. The quantitative estimate of drug-likeness (QED) is 0.406. The van der Waals surface area contributed by atoms with E-state index in [1.807, 2.05) is 61.2 Å². The van der Waals surface area contributed by atoms with Crippen LogP contribution in [0.1, 0.15) is 40.9 Å². The second kappa shape index (κ2) is 8.30. The van der Waals surface area contributed by atoms with Crippen molar-refractivity contribution in [2.24, 2.45) is 5.92 Å². The molecule has 1 N–H and O–H groups in total. The number of carbonyl (C=O) groups excluding carboxylic acids is 3. The third-order valence-electron chi connectivity index (χ3n) is 8.03. The van der Waals surface area contributed by atoms with Gasteiger partial charge in [0.15, 0.2) is 11.6 Å². The van der Waals surface area contributed by atoms with Crippen LogP contribution in [0.15, 0.2) is 66.7 Å². The van der Waals surface area contributed by atoms with Crippen LogP contribution in [0.5, 0.6) is 0 Å². The van der Waals surface area contributed by atoms with Crippen molar-refractivity contribution < 1.29 is 14.4 Å². The average molecular weight is 531 g/mol. The number of nitrogens with one attached hydrogen (secondary N) is 1. The summed E-state index contributed by atoms with van der Waals surface area (Å²) >= 11 is 12.6. The van der Waals surface area contributed by atoms with E-state index in [0.717, 1.165) is 22.4 Å². The Labute approximate surface area is 225 Å². The Morgan fingerprint density at radius 3 is 2.49 bits per heavy atom. The molecule has 5 nitrogen and oxygen atoms in total. The number of aryl methyl sites for hydroxylation is 1. The number of hydrogen-bond acceptors (Lipinski definition) is 4. The van der Waals surface area contributed by atoms with Gasteiger partial charge in [-0.3, -0.25) is 14.4 Å². The standard InChI is InChI=1S/C30H24Cl2N2O3/c1-15-8-11-24-20(12-15)16(2)13-25-30(21-6-4-5-7-23(21)33-29(30)37)26(27(17(3)35)34(24)25)28(36)19-10-9-18(31)14-22(19)32/h4-14,25-27H,1-3H3,(H,33,37)/t25-,26-,27-,30-/m1/s1. The summed E-state index contributed by atoms with van der Waals surface area (Å²) in [6, 6.07) is 16.7. The van der Waals surface area contributed by atoms with Gasteiger partial charge >= 0.3 is 0 Å². The van der Waals surface area contributed by atoms with Crippen molar-refractivity contribution in [1.82, 2.24) is 0 Å². The normalized spacial score (nSPS) is 25.3. The maximum absolute atomic E-state index is 14.5. The zero-order valence-corrected chi connectivity index (χ0v) is 22.0. The second-order valence-electron chi connectivity index (χ2n) is 10.1. The number of carbonyl (C=O) groups is 3. The first-order valence-corrected chi connectivity index (χ1v) is 12.9. The molecule has 1 fully saturated rings. The highest BCUT2D eigenvalue weighted by molar-refractivity contribution is 6.37. The molecule has 0 saturated carbocycles. The van der Waals surface area contributed by atoms with Crippen molar-refractivity contribution in [3.05, 3.63) is 99.0 Å². The number of benzene rings is 3. The molecular formula is C30H24Cl2N2O3. The van der Waals surface area contributed by atoms with Crippen molar-refractivity contribution in [2.45, 2.75) is 38.3 Å². The van der Waals surface area contributed by atoms with Gasteiger partial charge in [-0.25, -0.2) is 0 Å². The topological polar surface area (TPSA) is 66.5 Å². The highest BCUT2D eigenvalue weighted by Gasteiger charge is 2.70. The Morgan fingerprint density at radius 1 is 1.00 bits per heavy atom. The molecule has 1 amide bonds. The van der Waals surface area contributed by atoms with Crippen LogP contribution in [0, 0.1) is 12.8 Å². The van der Waals surface area contributed by atoms with Gasteiger partial charge in [0.2, 0.25) is 5.91 Å². The van der Waals surface area contributed by atoms with Crippen LogP contribution in [0.3, 0.4) is 0 Å². The molecule has 0 radical (unpaired) electrons. The number of halogens is 2. The number of amides is 1. The zero-order valence-electron chi connectivity index (χ0n) is 20.5. The zero-order chi connectivity index (χ0) is 26.2. The molecule has 0 aromatic heterocycles. The fourth-order valence-corrected chi connectivity index (χ4v) is 7.06. The summed E-state index contributed by atoms with van der Waals surface area (Å²) in [4.78, 5) is 44.1. The minimum absolute atomic E-state index is 0.189. The van der Waals surface area contributed by atoms with E-state index in [1.54, 1.807) is 12.1 Å². The van der Waals surface area contributed by atoms with Gasteiger partial charge in [-0.15, -0.1) is 0 Å². The largest absolute Gasteiger partial charge is 0.352 e. The van der Waals surface area contributed by atoms with Gasteiger partial charge in [0.1, 0.15) is 5.41 Å². The van der Waals surface area contributed by atoms with Crippen molar-refractivity contribution in [1.29, 1.82) is 0 Å². The van der Waals surface area contributed by atoms with E-state index < -0.39 is 23.4 Å². The molecule has 6 rings (SSSR count). The van der Waals surface area contributed by atoms with Crippen LogP contribution in [-0.4, -0.2) is 29.6 Å². The molecular weight excluding hydrogens is 507 g/mol. The van der Waals surface area contributed by atoms with E-state index in [0.29, 0.717) is 16.3 Å². The number of Topliss-reactive ketones (excluding diaryl/α,β-unsaturated/α-hetero) is 2. The van der Waals surface area contributed by atoms with E-state index >= 15 is 0 Å². The number of nitrogens with zero attached hydrogens (tertiary/aromatic N) is 1. The molecule has 3 heterocycles. The van der Waals surface area contributed by atoms with Crippen molar-refractivity contribution in [3.63, 3.8) is 0 Å². The predicted molar refractivity (Wildman–Crippen MR) is 147 cm³/mol. The molecule has 0 bridgehead atoms. The number of anilines is 2. The fourth-order valence-electron chi connectivity index (χ4n) is 6.56. The summed E-state index contributed by atoms with van der Waals surface area (Å²) in [5, 5.41) is 3.61. The molecule has 3 aromatic carbocycles. The van der Waals surface area contributed by atoms with Gasteiger partial charge in [0.05, 0.1) is 23.0 Å². The summed E-state index contributed by atoms with van der Waals surface area (Å²) in [7, 11) is 0. The molecule has 1 spiro atoms. The van der Waals surface area contributed by atoms with Gasteiger partial charge in [-0.05, 0) is 68.3 Å². The summed E-state index contributed by atoms with van der Waals surface area (Å²) in [5.41, 5.74) is 4.17. The molecule has 3 aromatic rings.